The van der Waals surface area contributed by atoms with Crippen LogP contribution in [0, 0.1) is 5.92 Å². The largest absolute Gasteiger partial charge is 0.490 e. The second kappa shape index (κ2) is 5.89. The minimum atomic E-state index is 0.392. The monoisotopic (exact) mass is 234 g/mol. The highest BCUT2D eigenvalue weighted by Crippen LogP contribution is 2.27. The fraction of sp³-hybridized carbons (Fsp3) is 0.643. The smallest absolute Gasteiger partial charge is 0.129 e. The first-order valence-electron chi connectivity index (χ1n) is 6.64. The van der Waals surface area contributed by atoms with Gasteiger partial charge in [-0.2, -0.15) is 0 Å². The Morgan fingerprint density at radius 3 is 2.82 bits per heavy atom. The standard InChI is InChI=1S/C14H22N2O/c1-3-15-14-10-13(8-9-16-14)17-12-6-4-11(2)5-7-12/h8-12H,3-7H2,1-2H3,(H,15,16). The van der Waals surface area contributed by atoms with Crippen LogP contribution in [0.3, 0.4) is 0 Å². The molecule has 0 unspecified atom stereocenters. The van der Waals surface area contributed by atoms with Gasteiger partial charge >= 0.3 is 0 Å². The molecule has 1 saturated carbocycles. The summed E-state index contributed by atoms with van der Waals surface area (Å²) in [6.07, 6.45) is 7.13. The summed E-state index contributed by atoms with van der Waals surface area (Å²) in [5, 5.41) is 3.20. The number of aromatic nitrogens is 1. The van der Waals surface area contributed by atoms with E-state index in [1.165, 1.54) is 25.7 Å². The Morgan fingerprint density at radius 2 is 2.12 bits per heavy atom. The molecule has 2 rings (SSSR count). The van der Waals surface area contributed by atoms with Gasteiger partial charge in [-0.25, -0.2) is 4.98 Å². The lowest BCUT2D eigenvalue weighted by atomic mass is 9.89. The lowest BCUT2D eigenvalue weighted by molar-refractivity contribution is 0.135. The van der Waals surface area contributed by atoms with E-state index in [2.05, 4.69) is 24.1 Å². The average Bonchev–Trinajstić information content (AvgIpc) is 2.33. The summed E-state index contributed by atoms with van der Waals surface area (Å²) in [4.78, 5) is 4.24. The average molecular weight is 234 g/mol. The summed E-state index contributed by atoms with van der Waals surface area (Å²) in [7, 11) is 0. The number of ether oxygens (including phenoxy) is 1. The van der Waals surface area contributed by atoms with Gasteiger partial charge in [0.2, 0.25) is 0 Å². The third kappa shape index (κ3) is 3.62. The Morgan fingerprint density at radius 1 is 1.35 bits per heavy atom. The lowest BCUT2D eigenvalue weighted by Gasteiger charge is -2.26. The summed E-state index contributed by atoms with van der Waals surface area (Å²) in [6.45, 7) is 5.28. The summed E-state index contributed by atoms with van der Waals surface area (Å²) in [6, 6.07) is 3.93. The first kappa shape index (κ1) is 12.2. The maximum Gasteiger partial charge on any atom is 0.129 e. The number of hydrogen-bond donors (Lipinski definition) is 1. The highest BCUT2D eigenvalue weighted by molar-refractivity contribution is 5.40. The molecule has 94 valence electrons. The van der Waals surface area contributed by atoms with Crippen molar-refractivity contribution >= 4 is 5.82 Å². The third-order valence-electron chi connectivity index (χ3n) is 3.35. The first-order chi connectivity index (χ1) is 8.28. The highest BCUT2D eigenvalue weighted by atomic mass is 16.5. The summed E-state index contributed by atoms with van der Waals surface area (Å²) >= 11 is 0. The van der Waals surface area contributed by atoms with Gasteiger partial charge in [0.25, 0.3) is 0 Å². The molecule has 0 saturated heterocycles. The minimum absolute atomic E-state index is 0.392. The van der Waals surface area contributed by atoms with E-state index >= 15 is 0 Å². The van der Waals surface area contributed by atoms with Crippen LogP contribution in [0.25, 0.3) is 0 Å². The molecule has 0 aliphatic heterocycles. The maximum atomic E-state index is 6.01. The van der Waals surface area contributed by atoms with E-state index in [4.69, 9.17) is 4.74 Å². The molecule has 1 aromatic heterocycles. The van der Waals surface area contributed by atoms with E-state index < -0.39 is 0 Å². The number of nitrogens with one attached hydrogen (secondary N) is 1. The van der Waals surface area contributed by atoms with Gasteiger partial charge in [-0.05, 0) is 44.6 Å². The Bertz CT molecular complexity index is 346. The summed E-state index contributed by atoms with van der Waals surface area (Å²) < 4.78 is 6.01. The van der Waals surface area contributed by atoms with Crippen molar-refractivity contribution < 1.29 is 4.74 Å². The van der Waals surface area contributed by atoms with Gasteiger partial charge in [-0.1, -0.05) is 6.92 Å². The molecule has 1 aliphatic rings. The fourth-order valence-electron chi connectivity index (χ4n) is 2.30. The molecule has 3 heteroatoms. The molecular weight excluding hydrogens is 212 g/mol. The third-order valence-corrected chi connectivity index (χ3v) is 3.35. The quantitative estimate of drug-likeness (QED) is 0.866. The van der Waals surface area contributed by atoms with Crippen LogP contribution >= 0.6 is 0 Å². The van der Waals surface area contributed by atoms with Crippen molar-refractivity contribution in [2.24, 2.45) is 5.92 Å². The van der Waals surface area contributed by atoms with Crippen LogP contribution in [0.2, 0.25) is 0 Å². The van der Waals surface area contributed by atoms with Crippen molar-refractivity contribution in [1.82, 2.24) is 4.98 Å². The van der Waals surface area contributed by atoms with Crippen LogP contribution in [0.5, 0.6) is 5.75 Å². The molecule has 1 heterocycles. The van der Waals surface area contributed by atoms with Gasteiger partial charge in [0.15, 0.2) is 0 Å². The number of anilines is 1. The Kier molecular flexibility index (Phi) is 4.24. The van der Waals surface area contributed by atoms with Crippen LogP contribution in [0.15, 0.2) is 18.3 Å². The second-order valence-electron chi connectivity index (χ2n) is 4.91. The SMILES string of the molecule is CCNc1cc(OC2CCC(C)CC2)ccn1. The molecule has 0 aromatic carbocycles. The second-order valence-corrected chi connectivity index (χ2v) is 4.91. The topological polar surface area (TPSA) is 34.1 Å². The normalized spacial score (nSPS) is 24.4. The molecule has 1 N–H and O–H groups in total. The number of hydrogen-bond acceptors (Lipinski definition) is 3. The molecule has 17 heavy (non-hydrogen) atoms. The van der Waals surface area contributed by atoms with Gasteiger partial charge in [0, 0.05) is 18.8 Å². The predicted molar refractivity (Wildman–Crippen MR) is 70.4 cm³/mol. The highest BCUT2D eigenvalue weighted by Gasteiger charge is 2.19. The van der Waals surface area contributed by atoms with E-state index in [1.807, 2.05) is 12.1 Å². The molecule has 1 aromatic rings. The zero-order valence-electron chi connectivity index (χ0n) is 10.8. The van der Waals surface area contributed by atoms with Gasteiger partial charge in [0.05, 0.1) is 6.10 Å². The van der Waals surface area contributed by atoms with E-state index in [9.17, 15) is 0 Å². The van der Waals surface area contributed by atoms with Crippen molar-refractivity contribution in [3.8, 4) is 5.75 Å². The van der Waals surface area contributed by atoms with E-state index in [-0.39, 0.29) is 0 Å². The number of pyridine rings is 1. The molecule has 0 bridgehead atoms. The zero-order chi connectivity index (χ0) is 12.1. The van der Waals surface area contributed by atoms with Gasteiger partial charge in [-0.3, -0.25) is 0 Å². The Balaban J connectivity index is 1.91. The number of rotatable bonds is 4. The van der Waals surface area contributed by atoms with Crippen molar-refractivity contribution in [2.45, 2.75) is 45.6 Å². The van der Waals surface area contributed by atoms with Crippen LogP contribution in [0.4, 0.5) is 5.82 Å². The molecule has 0 amide bonds. The summed E-state index contributed by atoms with van der Waals surface area (Å²) in [5.74, 6) is 2.70. The van der Waals surface area contributed by atoms with Gasteiger partial charge in [0.1, 0.15) is 11.6 Å². The van der Waals surface area contributed by atoms with Gasteiger partial charge in [-0.15, -0.1) is 0 Å². The molecule has 3 nitrogen and oxygen atoms in total. The molecule has 0 atom stereocenters. The van der Waals surface area contributed by atoms with Gasteiger partial charge < -0.3 is 10.1 Å². The fourth-order valence-corrected chi connectivity index (χ4v) is 2.30. The van der Waals surface area contributed by atoms with E-state index in [0.717, 1.165) is 24.0 Å². The zero-order valence-corrected chi connectivity index (χ0v) is 10.8. The molecule has 0 spiro atoms. The van der Waals surface area contributed by atoms with Crippen molar-refractivity contribution in [1.29, 1.82) is 0 Å². The Labute approximate surface area is 104 Å². The lowest BCUT2D eigenvalue weighted by Crippen LogP contribution is -2.23. The molecule has 0 radical (unpaired) electrons. The Hall–Kier alpha value is -1.25. The van der Waals surface area contributed by atoms with Crippen molar-refractivity contribution in [3.05, 3.63) is 18.3 Å². The van der Waals surface area contributed by atoms with Crippen molar-refractivity contribution in [3.63, 3.8) is 0 Å². The predicted octanol–water partition coefficient (Wildman–Crippen LogP) is 3.47. The van der Waals surface area contributed by atoms with E-state index in [1.54, 1.807) is 6.20 Å². The molecular formula is C14H22N2O. The van der Waals surface area contributed by atoms with E-state index in [0.29, 0.717) is 6.10 Å². The van der Waals surface area contributed by atoms with Crippen LogP contribution in [-0.4, -0.2) is 17.6 Å². The number of nitrogens with zero attached hydrogens (tertiary/aromatic N) is 1. The van der Waals surface area contributed by atoms with Crippen LogP contribution < -0.4 is 10.1 Å². The first-order valence-corrected chi connectivity index (χ1v) is 6.64. The molecule has 1 fully saturated rings. The van der Waals surface area contributed by atoms with Crippen LogP contribution in [0.1, 0.15) is 39.5 Å². The minimum Gasteiger partial charge on any atom is -0.490 e. The summed E-state index contributed by atoms with van der Waals surface area (Å²) in [5.41, 5.74) is 0. The molecule has 1 aliphatic carbocycles. The maximum absolute atomic E-state index is 6.01. The van der Waals surface area contributed by atoms with Crippen molar-refractivity contribution in [2.75, 3.05) is 11.9 Å². The van der Waals surface area contributed by atoms with Crippen LogP contribution in [-0.2, 0) is 0 Å².